The van der Waals surface area contributed by atoms with Crippen molar-refractivity contribution in [1.29, 1.82) is 0 Å². The molecular formula is C20H18F4N4O2. The summed E-state index contributed by atoms with van der Waals surface area (Å²) < 4.78 is 66.2. The summed E-state index contributed by atoms with van der Waals surface area (Å²) >= 11 is 0. The van der Waals surface area contributed by atoms with E-state index >= 15 is 4.39 Å². The average molecular weight is 422 g/mol. The fraction of sp³-hybridized carbons (Fsp3) is 0.400. The zero-order chi connectivity index (χ0) is 20.9. The molecule has 4 heterocycles. The smallest absolute Gasteiger partial charge is 0.431 e. The van der Waals surface area contributed by atoms with Crippen molar-refractivity contribution in [3.63, 3.8) is 0 Å². The summed E-state index contributed by atoms with van der Waals surface area (Å²) in [5, 5.41) is 3.37. The van der Waals surface area contributed by atoms with E-state index in [1.54, 1.807) is 6.07 Å². The van der Waals surface area contributed by atoms with Crippen LogP contribution in [0, 0.1) is 5.92 Å². The van der Waals surface area contributed by atoms with Crippen molar-refractivity contribution in [3.8, 4) is 5.75 Å². The Labute approximate surface area is 168 Å². The molecule has 0 radical (unpaired) electrons. The number of alkyl halides is 4. The summed E-state index contributed by atoms with van der Waals surface area (Å²) in [4.78, 5) is 10.3. The second kappa shape index (κ2) is 6.83. The van der Waals surface area contributed by atoms with Crippen LogP contribution in [0.5, 0.6) is 5.75 Å². The highest BCUT2D eigenvalue weighted by atomic mass is 19.4. The lowest BCUT2D eigenvalue weighted by Crippen LogP contribution is -2.45. The minimum atomic E-state index is -4.55. The molecule has 0 spiro atoms. The molecule has 2 aliphatic rings. The maximum Gasteiger partial charge on any atom is 0.431 e. The SMILES string of the molecule is FC(F)(F)c1cc2c(NC3c4ccccc4OCC3C3(F)CCOC3)ncnc2[nH]1. The maximum absolute atomic E-state index is 15.7. The van der Waals surface area contributed by atoms with Crippen LogP contribution in [0.1, 0.15) is 23.7 Å². The molecule has 10 heteroatoms. The molecule has 2 aliphatic heterocycles. The predicted octanol–water partition coefficient (Wildman–Crippen LogP) is 4.27. The van der Waals surface area contributed by atoms with Gasteiger partial charge in [0, 0.05) is 18.6 Å². The van der Waals surface area contributed by atoms with Crippen molar-refractivity contribution in [2.75, 3.05) is 25.1 Å². The first-order chi connectivity index (χ1) is 14.4. The Kier molecular flexibility index (Phi) is 4.35. The largest absolute Gasteiger partial charge is 0.493 e. The molecule has 3 unspecified atom stereocenters. The third kappa shape index (κ3) is 3.15. The number of fused-ring (bicyclic) bond motifs is 2. The van der Waals surface area contributed by atoms with E-state index in [9.17, 15) is 13.2 Å². The fourth-order valence-corrected chi connectivity index (χ4v) is 4.19. The number of ether oxygens (including phenoxy) is 2. The minimum Gasteiger partial charge on any atom is -0.493 e. The van der Waals surface area contributed by atoms with Gasteiger partial charge in [0.2, 0.25) is 0 Å². The van der Waals surface area contributed by atoms with Crippen molar-refractivity contribution in [2.45, 2.75) is 24.3 Å². The molecule has 30 heavy (non-hydrogen) atoms. The van der Waals surface area contributed by atoms with Gasteiger partial charge in [0.25, 0.3) is 0 Å². The molecule has 0 amide bonds. The quantitative estimate of drug-likeness (QED) is 0.617. The Morgan fingerprint density at radius 2 is 2.03 bits per heavy atom. The number of rotatable bonds is 3. The molecule has 1 saturated heterocycles. The van der Waals surface area contributed by atoms with E-state index in [1.165, 1.54) is 6.33 Å². The van der Waals surface area contributed by atoms with Gasteiger partial charge in [0.05, 0.1) is 30.6 Å². The first-order valence-corrected chi connectivity index (χ1v) is 9.51. The van der Waals surface area contributed by atoms with Crippen LogP contribution >= 0.6 is 0 Å². The lowest BCUT2D eigenvalue weighted by Gasteiger charge is -2.40. The van der Waals surface area contributed by atoms with Gasteiger partial charge < -0.3 is 19.8 Å². The van der Waals surface area contributed by atoms with E-state index in [1.807, 2.05) is 18.2 Å². The lowest BCUT2D eigenvalue weighted by molar-refractivity contribution is -0.140. The summed E-state index contributed by atoms with van der Waals surface area (Å²) in [6.45, 7) is 0.374. The molecule has 2 N–H and O–H groups in total. The zero-order valence-corrected chi connectivity index (χ0v) is 15.7. The van der Waals surface area contributed by atoms with E-state index in [0.717, 1.165) is 11.6 Å². The topological polar surface area (TPSA) is 72.1 Å². The Balaban J connectivity index is 1.58. The summed E-state index contributed by atoms with van der Waals surface area (Å²) in [6.07, 6.45) is -3.15. The minimum absolute atomic E-state index is 0.0517. The van der Waals surface area contributed by atoms with Gasteiger partial charge in [-0.2, -0.15) is 13.2 Å². The van der Waals surface area contributed by atoms with E-state index in [0.29, 0.717) is 12.4 Å². The first kappa shape index (κ1) is 19.1. The van der Waals surface area contributed by atoms with Gasteiger partial charge in [-0.15, -0.1) is 0 Å². The van der Waals surface area contributed by atoms with Gasteiger partial charge in [-0.3, -0.25) is 0 Å². The summed E-state index contributed by atoms with van der Waals surface area (Å²) in [5.41, 5.74) is -1.77. The van der Waals surface area contributed by atoms with Crippen molar-refractivity contribution < 1.29 is 27.0 Å². The molecule has 3 aromatic rings. The number of para-hydroxylation sites is 1. The zero-order valence-electron chi connectivity index (χ0n) is 15.7. The fourth-order valence-electron chi connectivity index (χ4n) is 4.19. The summed E-state index contributed by atoms with van der Waals surface area (Å²) in [7, 11) is 0. The molecule has 2 aromatic heterocycles. The van der Waals surface area contributed by atoms with Crippen LogP contribution in [0.25, 0.3) is 11.0 Å². The molecule has 1 aromatic carbocycles. The number of aromatic nitrogens is 3. The molecular weight excluding hydrogens is 404 g/mol. The molecule has 0 bridgehead atoms. The first-order valence-electron chi connectivity index (χ1n) is 9.51. The normalized spacial score (nSPS) is 26.4. The Morgan fingerprint density at radius 1 is 1.20 bits per heavy atom. The van der Waals surface area contributed by atoms with Crippen molar-refractivity contribution >= 4 is 16.9 Å². The number of nitrogens with zero attached hydrogens (tertiary/aromatic N) is 2. The maximum atomic E-state index is 15.7. The summed E-state index contributed by atoms with van der Waals surface area (Å²) in [5.74, 6) is 0.186. The van der Waals surface area contributed by atoms with Crippen LogP contribution in [0.4, 0.5) is 23.4 Å². The Hall–Kier alpha value is -2.88. The van der Waals surface area contributed by atoms with Crippen LogP contribution in [0.2, 0.25) is 0 Å². The van der Waals surface area contributed by atoms with Gasteiger partial charge in [-0.25, -0.2) is 14.4 Å². The number of anilines is 1. The van der Waals surface area contributed by atoms with Crippen molar-refractivity contribution in [3.05, 3.63) is 47.9 Å². The molecule has 158 valence electrons. The van der Waals surface area contributed by atoms with E-state index < -0.39 is 29.5 Å². The van der Waals surface area contributed by atoms with E-state index in [2.05, 4.69) is 20.3 Å². The van der Waals surface area contributed by atoms with Gasteiger partial charge in [-0.1, -0.05) is 18.2 Å². The predicted molar refractivity (Wildman–Crippen MR) is 100.0 cm³/mol. The average Bonchev–Trinajstić information content (AvgIpc) is 3.36. The molecule has 0 aliphatic carbocycles. The number of hydrogen-bond acceptors (Lipinski definition) is 5. The van der Waals surface area contributed by atoms with Crippen LogP contribution in [0.15, 0.2) is 36.7 Å². The van der Waals surface area contributed by atoms with E-state index in [-0.39, 0.29) is 36.5 Å². The number of halogens is 4. The number of aromatic amines is 1. The van der Waals surface area contributed by atoms with Crippen LogP contribution in [0.3, 0.4) is 0 Å². The number of hydrogen-bond donors (Lipinski definition) is 2. The van der Waals surface area contributed by atoms with Crippen LogP contribution in [-0.2, 0) is 10.9 Å². The van der Waals surface area contributed by atoms with Gasteiger partial charge >= 0.3 is 6.18 Å². The molecule has 3 atom stereocenters. The van der Waals surface area contributed by atoms with Gasteiger partial charge in [-0.05, 0) is 12.1 Å². The van der Waals surface area contributed by atoms with Crippen LogP contribution in [-0.4, -0.2) is 40.4 Å². The number of benzene rings is 1. The van der Waals surface area contributed by atoms with Gasteiger partial charge in [0.1, 0.15) is 34.9 Å². The Morgan fingerprint density at radius 3 is 2.80 bits per heavy atom. The molecule has 1 fully saturated rings. The van der Waals surface area contributed by atoms with E-state index in [4.69, 9.17) is 9.47 Å². The summed E-state index contributed by atoms with van der Waals surface area (Å²) in [6, 6.07) is 7.61. The lowest BCUT2D eigenvalue weighted by atomic mass is 9.78. The monoisotopic (exact) mass is 422 g/mol. The second-order valence-corrected chi connectivity index (χ2v) is 7.58. The van der Waals surface area contributed by atoms with Crippen molar-refractivity contribution in [1.82, 2.24) is 15.0 Å². The number of H-pyrrole nitrogens is 1. The van der Waals surface area contributed by atoms with Gasteiger partial charge in [0.15, 0.2) is 0 Å². The third-order valence-corrected chi connectivity index (χ3v) is 5.77. The second-order valence-electron chi connectivity index (χ2n) is 7.58. The standard InChI is InChI=1S/C20H18F4N4O2/c21-19(5-6-29-9-19)13-8-30-14-4-2-1-3-11(14)16(13)28-18-12-7-15(20(22,23)24)27-17(12)25-10-26-18/h1-4,7,10,13,16H,5-6,8-9H2,(H2,25,26,27,28). The van der Waals surface area contributed by atoms with Crippen LogP contribution < -0.4 is 10.1 Å². The Bertz CT molecular complexity index is 1080. The molecule has 5 rings (SSSR count). The highest BCUT2D eigenvalue weighted by molar-refractivity contribution is 5.88. The molecule has 0 saturated carbocycles. The van der Waals surface area contributed by atoms with Crippen molar-refractivity contribution in [2.24, 2.45) is 5.92 Å². The highest BCUT2D eigenvalue weighted by Crippen LogP contribution is 2.46. The molecule has 6 nitrogen and oxygen atoms in total. The highest BCUT2D eigenvalue weighted by Gasteiger charge is 2.49. The third-order valence-electron chi connectivity index (χ3n) is 5.77. The number of nitrogens with one attached hydrogen (secondary N) is 2.